The third kappa shape index (κ3) is 5.85. The highest BCUT2D eigenvalue weighted by Gasteiger charge is 2.36. The summed E-state index contributed by atoms with van der Waals surface area (Å²) in [7, 11) is 6.29. The average Bonchev–Trinajstić information content (AvgIpc) is 2.98. The Hall–Kier alpha value is -3.06. The van der Waals surface area contributed by atoms with E-state index in [1.165, 1.54) is 9.80 Å². The van der Waals surface area contributed by atoms with Gasteiger partial charge in [-0.2, -0.15) is 36.3 Å². The highest BCUT2D eigenvalue weighted by Crippen LogP contribution is 2.32. The van der Waals surface area contributed by atoms with Crippen LogP contribution in [-0.2, 0) is 12.4 Å². The van der Waals surface area contributed by atoms with Crippen molar-refractivity contribution >= 4 is 23.5 Å². The van der Waals surface area contributed by atoms with Crippen LogP contribution >= 0.6 is 0 Å². The summed E-state index contributed by atoms with van der Waals surface area (Å²) < 4.78 is 80.0. The molecule has 1 aliphatic heterocycles. The van der Waals surface area contributed by atoms with Crippen molar-refractivity contribution in [2.45, 2.75) is 18.8 Å². The maximum absolute atomic E-state index is 13.3. The smallest absolute Gasteiger partial charge is 0.363 e. The fourth-order valence-corrected chi connectivity index (χ4v) is 3.19. The molecular formula is C19H24F6N8. The Bertz CT molecular complexity index is 898. The Morgan fingerprint density at radius 2 is 1.00 bits per heavy atom. The molecule has 1 aliphatic rings. The third-order valence-corrected chi connectivity index (χ3v) is 4.96. The highest BCUT2D eigenvalue weighted by atomic mass is 19.4. The lowest BCUT2D eigenvalue weighted by atomic mass is 10.3. The summed E-state index contributed by atoms with van der Waals surface area (Å²) in [4.78, 5) is 21.9. The summed E-state index contributed by atoms with van der Waals surface area (Å²) >= 11 is 0. The number of nitrogens with zero attached hydrogens (tertiary/aromatic N) is 8. The molecule has 3 heterocycles. The van der Waals surface area contributed by atoms with E-state index in [0.29, 0.717) is 19.5 Å². The van der Waals surface area contributed by atoms with E-state index >= 15 is 0 Å². The molecule has 0 radical (unpaired) electrons. The van der Waals surface area contributed by atoms with Gasteiger partial charge >= 0.3 is 12.4 Å². The topological polar surface area (TPSA) is 64.5 Å². The number of hydrogen-bond acceptors (Lipinski definition) is 8. The molecule has 1 fully saturated rings. The summed E-state index contributed by atoms with van der Waals surface area (Å²) in [6.07, 6.45) is -8.85. The second-order valence-corrected chi connectivity index (χ2v) is 7.93. The minimum atomic E-state index is -4.64. The van der Waals surface area contributed by atoms with Gasteiger partial charge in [0.1, 0.15) is 11.6 Å². The molecule has 3 rings (SSSR count). The molecule has 33 heavy (non-hydrogen) atoms. The zero-order chi connectivity index (χ0) is 24.6. The van der Waals surface area contributed by atoms with E-state index in [1.807, 2.05) is 0 Å². The molecule has 8 nitrogen and oxygen atoms in total. The Morgan fingerprint density at radius 3 is 1.30 bits per heavy atom. The molecule has 2 aromatic rings. The summed E-state index contributed by atoms with van der Waals surface area (Å²) in [6.45, 7) is 1.02. The van der Waals surface area contributed by atoms with Gasteiger partial charge in [0, 0.05) is 66.5 Å². The summed E-state index contributed by atoms with van der Waals surface area (Å²) in [5.74, 6) is 0.0270. The second-order valence-electron chi connectivity index (χ2n) is 7.93. The summed E-state index contributed by atoms with van der Waals surface area (Å²) in [5, 5.41) is 0. The van der Waals surface area contributed by atoms with Crippen molar-refractivity contribution < 1.29 is 26.3 Å². The van der Waals surface area contributed by atoms with Gasteiger partial charge in [-0.1, -0.05) is 0 Å². The normalized spacial score (nSPS) is 15.5. The maximum atomic E-state index is 13.3. The lowest BCUT2D eigenvalue weighted by Gasteiger charge is -2.25. The van der Waals surface area contributed by atoms with Gasteiger partial charge in [0.05, 0.1) is 0 Å². The largest absolute Gasteiger partial charge is 0.433 e. The number of alkyl halides is 6. The van der Waals surface area contributed by atoms with Crippen molar-refractivity contribution in [1.29, 1.82) is 0 Å². The first-order valence-corrected chi connectivity index (χ1v) is 10.0. The van der Waals surface area contributed by atoms with Gasteiger partial charge in [-0.3, -0.25) is 0 Å². The standard InChI is InChI=1S/C19H24F6N8/c1-30(2)14-10-12(18(20,21)22)26-16(28-14)32-6-5-7-33(9-8-32)17-27-13(19(23,24)25)11-15(29-17)31(3)4/h10-11H,5-9H2,1-4H3. The van der Waals surface area contributed by atoms with Crippen LogP contribution in [0.2, 0.25) is 0 Å². The molecule has 0 aliphatic carbocycles. The minimum Gasteiger partial charge on any atom is -0.363 e. The lowest BCUT2D eigenvalue weighted by Crippen LogP contribution is -2.33. The maximum Gasteiger partial charge on any atom is 0.433 e. The van der Waals surface area contributed by atoms with Crippen molar-refractivity contribution in [3.8, 4) is 0 Å². The number of anilines is 4. The Balaban J connectivity index is 1.89. The van der Waals surface area contributed by atoms with Crippen LogP contribution < -0.4 is 19.6 Å². The summed E-state index contributed by atoms with van der Waals surface area (Å²) in [5.41, 5.74) is -2.12. The number of rotatable bonds is 4. The van der Waals surface area contributed by atoms with E-state index in [-0.39, 0.29) is 36.6 Å². The van der Waals surface area contributed by atoms with Crippen LogP contribution in [0.25, 0.3) is 0 Å². The molecular weight excluding hydrogens is 454 g/mol. The van der Waals surface area contributed by atoms with Crippen molar-refractivity contribution in [3.63, 3.8) is 0 Å². The molecule has 0 saturated carbocycles. The first-order chi connectivity index (χ1) is 15.3. The molecule has 1 saturated heterocycles. The van der Waals surface area contributed by atoms with E-state index in [0.717, 1.165) is 12.1 Å². The Morgan fingerprint density at radius 1 is 0.636 bits per heavy atom. The van der Waals surface area contributed by atoms with Gasteiger partial charge in [0.25, 0.3) is 0 Å². The monoisotopic (exact) mass is 478 g/mol. The van der Waals surface area contributed by atoms with Crippen LogP contribution in [0.3, 0.4) is 0 Å². The van der Waals surface area contributed by atoms with Gasteiger partial charge in [0.15, 0.2) is 11.4 Å². The van der Waals surface area contributed by atoms with Crippen molar-refractivity contribution in [2.75, 3.05) is 74.0 Å². The Labute approximate surface area is 186 Å². The zero-order valence-electron chi connectivity index (χ0n) is 18.5. The quantitative estimate of drug-likeness (QED) is 0.622. The fraction of sp³-hybridized carbons (Fsp3) is 0.579. The zero-order valence-corrected chi connectivity index (χ0v) is 18.5. The molecule has 0 atom stereocenters. The van der Waals surface area contributed by atoms with Crippen LogP contribution in [0.15, 0.2) is 12.1 Å². The average molecular weight is 478 g/mol. The van der Waals surface area contributed by atoms with Gasteiger partial charge in [0.2, 0.25) is 11.9 Å². The van der Waals surface area contributed by atoms with Crippen molar-refractivity contribution in [1.82, 2.24) is 19.9 Å². The van der Waals surface area contributed by atoms with E-state index in [2.05, 4.69) is 19.9 Å². The van der Waals surface area contributed by atoms with Gasteiger partial charge < -0.3 is 19.6 Å². The molecule has 2 aromatic heterocycles. The molecule has 0 spiro atoms. The Kier molecular flexibility index (Phi) is 6.75. The highest BCUT2D eigenvalue weighted by molar-refractivity contribution is 5.48. The minimum absolute atomic E-state index is 0.0886. The van der Waals surface area contributed by atoms with Crippen molar-refractivity contribution in [3.05, 3.63) is 23.5 Å². The molecule has 0 bridgehead atoms. The van der Waals surface area contributed by atoms with Gasteiger partial charge in [-0.15, -0.1) is 0 Å². The molecule has 14 heteroatoms. The molecule has 0 aromatic carbocycles. The van der Waals surface area contributed by atoms with Gasteiger partial charge in [-0.05, 0) is 6.42 Å². The predicted molar refractivity (Wildman–Crippen MR) is 112 cm³/mol. The van der Waals surface area contributed by atoms with Crippen LogP contribution in [0, 0.1) is 0 Å². The summed E-state index contributed by atoms with van der Waals surface area (Å²) in [6, 6.07) is 1.74. The SMILES string of the molecule is CN(C)c1cc(C(F)(F)F)nc(N2CCCN(c3nc(N(C)C)cc(C(F)(F)F)n3)CC2)n1. The van der Waals surface area contributed by atoms with Crippen LogP contribution in [0.1, 0.15) is 17.8 Å². The number of hydrogen-bond donors (Lipinski definition) is 0. The lowest BCUT2D eigenvalue weighted by molar-refractivity contribution is -0.141. The van der Waals surface area contributed by atoms with Gasteiger partial charge in [-0.25, -0.2) is 9.97 Å². The van der Waals surface area contributed by atoms with E-state index in [4.69, 9.17) is 0 Å². The molecule has 0 N–H and O–H groups in total. The number of halogens is 6. The third-order valence-electron chi connectivity index (χ3n) is 4.96. The fourth-order valence-electron chi connectivity index (χ4n) is 3.19. The van der Waals surface area contributed by atoms with E-state index in [1.54, 1.807) is 38.0 Å². The molecule has 0 amide bonds. The van der Waals surface area contributed by atoms with Crippen LogP contribution in [0.5, 0.6) is 0 Å². The van der Waals surface area contributed by atoms with E-state index in [9.17, 15) is 26.3 Å². The predicted octanol–water partition coefficient (Wildman–Crippen LogP) is 3.15. The molecule has 182 valence electrons. The first-order valence-electron chi connectivity index (χ1n) is 10.0. The second kappa shape index (κ2) is 9.06. The van der Waals surface area contributed by atoms with Crippen molar-refractivity contribution in [2.24, 2.45) is 0 Å². The molecule has 0 unspecified atom stereocenters. The van der Waals surface area contributed by atoms with Crippen LogP contribution in [-0.4, -0.2) is 74.3 Å². The first kappa shape index (κ1) is 24.6. The van der Waals surface area contributed by atoms with Crippen LogP contribution in [0.4, 0.5) is 49.9 Å². The van der Waals surface area contributed by atoms with E-state index < -0.39 is 23.7 Å². The number of aromatic nitrogens is 4.